The molecule has 4 rings (SSSR count). The van der Waals surface area contributed by atoms with Gasteiger partial charge in [0.25, 0.3) is 0 Å². The maximum Gasteiger partial charge on any atom is 0.231 e. The summed E-state index contributed by atoms with van der Waals surface area (Å²) in [5.74, 6) is 3.09. The summed E-state index contributed by atoms with van der Waals surface area (Å²) in [6, 6.07) is 19.9. The first-order valence-corrected chi connectivity index (χ1v) is 10.7. The van der Waals surface area contributed by atoms with E-state index in [1.54, 1.807) is 14.2 Å². The number of nitrogens with zero attached hydrogens (tertiary/aromatic N) is 1. The lowest BCUT2D eigenvalue weighted by Crippen LogP contribution is -2.34. The number of anilines is 1. The fourth-order valence-electron chi connectivity index (χ4n) is 3.51. The zero-order valence-corrected chi connectivity index (χ0v) is 19.2. The third kappa shape index (κ3) is 5.06. The number of ether oxygens (including phenoxy) is 4. The molecular formula is C25H26N2O4S. The van der Waals surface area contributed by atoms with Crippen molar-refractivity contribution in [2.45, 2.75) is 20.0 Å². The number of thiocarbonyl (C=S) groups is 1. The lowest BCUT2D eigenvalue weighted by Gasteiger charge is -2.27. The van der Waals surface area contributed by atoms with Crippen LogP contribution in [0.4, 0.5) is 5.69 Å². The maximum absolute atomic E-state index is 5.82. The van der Waals surface area contributed by atoms with Gasteiger partial charge in [0, 0.05) is 13.1 Å². The fraction of sp³-hybridized carbons (Fsp3) is 0.240. The molecule has 0 bridgehead atoms. The van der Waals surface area contributed by atoms with Crippen molar-refractivity contribution < 1.29 is 18.9 Å². The van der Waals surface area contributed by atoms with E-state index in [1.165, 1.54) is 0 Å². The van der Waals surface area contributed by atoms with Gasteiger partial charge >= 0.3 is 0 Å². The topological polar surface area (TPSA) is 52.2 Å². The summed E-state index contributed by atoms with van der Waals surface area (Å²) in [5.41, 5.74) is 4.14. The molecule has 1 aliphatic rings. The highest BCUT2D eigenvalue weighted by Gasteiger charge is 2.17. The average Bonchev–Trinajstić information content (AvgIpc) is 3.28. The summed E-state index contributed by atoms with van der Waals surface area (Å²) in [7, 11) is 3.32. The van der Waals surface area contributed by atoms with Crippen LogP contribution in [0.5, 0.6) is 23.0 Å². The lowest BCUT2D eigenvalue weighted by atomic mass is 10.1. The van der Waals surface area contributed by atoms with Crippen LogP contribution in [0.25, 0.3) is 0 Å². The summed E-state index contributed by atoms with van der Waals surface area (Å²) in [6.07, 6.45) is 0. The molecule has 0 saturated heterocycles. The second-order valence-corrected chi connectivity index (χ2v) is 7.91. The quantitative estimate of drug-likeness (QED) is 0.500. The smallest absolute Gasteiger partial charge is 0.231 e. The number of methoxy groups -OCH3 is 2. The van der Waals surface area contributed by atoms with E-state index in [1.807, 2.05) is 67.6 Å². The Labute approximate surface area is 193 Å². The van der Waals surface area contributed by atoms with Crippen molar-refractivity contribution in [2.24, 2.45) is 0 Å². The van der Waals surface area contributed by atoms with E-state index in [-0.39, 0.29) is 6.79 Å². The molecule has 7 heteroatoms. The van der Waals surface area contributed by atoms with Crippen LogP contribution in [0.1, 0.15) is 16.7 Å². The molecule has 0 aliphatic carbocycles. The highest BCUT2D eigenvalue weighted by atomic mass is 32.1. The van der Waals surface area contributed by atoms with Gasteiger partial charge in [0.15, 0.2) is 16.6 Å². The number of fused-ring (bicyclic) bond motifs is 1. The van der Waals surface area contributed by atoms with Gasteiger partial charge in [-0.1, -0.05) is 24.3 Å². The summed E-state index contributed by atoms with van der Waals surface area (Å²) in [5, 5.41) is 3.95. The molecule has 1 N–H and O–H groups in total. The summed E-state index contributed by atoms with van der Waals surface area (Å²) >= 11 is 5.82. The molecule has 0 amide bonds. The fourth-order valence-corrected chi connectivity index (χ4v) is 3.75. The van der Waals surface area contributed by atoms with E-state index in [9.17, 15) is 0 Å². The van der Waals surface area contributed by atoms with E-state index in [0.29, 0.717) is 18.2 Å². The highest BCUT2D eigenvalue weighted by Crippen LogP contribution is 2.33. The van der Waals surface area contributed by atoms with Crippen LogP contribution in [0.2, 0.25) is 0 Å². The molecule has 1 aliphatic heterocycles. The third-order valence-corrected chi connectivity index (χ3v) is 5.59. The standard InChI is InChI=1S/C25H26N2O4S/c1-17-4-10-21(23(12-17)29-3)26-25(32)27(14-18-5-8-20(28-2)9-6-18)15-19-7-11-22-24(13-19)31-16-30-22/h4-13H,14-16H2,1-3H3,(H,26,32). The number of rotatable bonds is 7. The molecule has 0 saturated carbocycles. The molecular weight excluding hydrogens is 424 g/mol. The van der Waals surface area contributed by atoms with Crippen LogP contribution in [0.3, 0.4) is 0 Å². The molecule has 0 atom stereocenters. The minimum Gasteiger partial charge on any atom is -0.497 e. The predicted octanol–water partition coefficient (Wildman–Crippen LogP) is 5.14. The molecule has 32 heavy (non-hydrogen) atoms. The van der Waals surface area contributed by atoms with Crippen molar-refractivity contribution in [1.29, 1.82) is 0 Å². The first kappa shape index (κ1) is 21.8. The molecule has 3 aromatic rings. The Morgan fingerprint density at radius 3 is 2.38 bits per heavy atom. The van der Waals surface area contributed by atoms with Gasteiger partial charge in [-0.3, -0.25) is 0 Å². The molecule has 0 unspecified atom stereocenters. The van der Waals surface area contributed by atoms with Gasteiger partial charge in [-0.25, -0.2) is 0 Å². The Kier molecular flexibility index (Phi) is 6.66. The summed E-state index contributed by atoms with van der Waals surface area (Å²) in [6.45, 7) is 3.50. The first-order valence-electron chi connectivity index (χ1n) is 10.3. The number of hydrogen-bond acceptors (Lipinski definition) is 5. The van der Waals surface area contributed by atoms with Crippen molar-refractivity contribution >= 4 is 23.0 Å². The Bertz CT molecular complexity index is 1100. The van der Waals surface area contributed by atoms with Crippen molar-refractivity contribution in [1.82, 2.24) is 4.90 Å². The van der Waals surface area contributed by atoms with E-state index in [4.69, 9.17) is 31.2 Å². The summed E-state index contributed by atoms with van der Waals surface area (Å²) < 4.78 is 21.8. The van der Waals surface area contributed by atoms with Crippen LogP contribution in [0, 0.1) is 6.92 Å². The number of aryl methyl sites for hydroxylation is 1. The van der Waals surface area contributed by atoms with Crippen LogP contribution >= 0.6 is 12.2 Å². The van der Waals surface area contributed by atoms with Crippen molar-refractivity contribution in [3.05, 3.63) is 77.4 Å². The van der Waals surface area contributed by atoms with Crippen molar-refractivity contribution in [2.75, 3.05) is 26.3 Å². The van der Waals surface area contributed by atoms with Gasteiger partial charge in [-0.2, -0.15) is 0 Å². The van der Waals surface area contributed by atoms with Gasteiger partial charge in [-0.15, -0.1) is 0 Å². The molecule has 3 aromatic carbocycles. The normalized spacial score (nSPS) is 11.7. The molecule has 0 aromatic heterocycles. The van der Waals surface area contributed by atoms with Gasteiger partial charge in [0.1, 0.15) is 11.5 Å². The van der Waals surface area contributed by atoms with Gasteiger partial charge in [0.2, 0.25) is 6.79 Å². The Morgan fingerprint density at radius 1 is 0.906 bits per heavy atom. The van der Waals surface area contributed by atoms with E-state index < -0.39 is 0 Å². The second-order valence-electron chi connectivity index (χ2n) is 7.53. The molecule has 0 fully saturated rings. The lowest BCUT2D eigenvalue weighted by molar-refractivity contribution is 0.174. The van der Waals surface area contributed by atoms with E-state index in [0.717, 1.165) is 45.4 Å². The molecule has 1 heterocycles. The highest BCUT2D eigenvalue weighted by molar-refractivity contribution is 7.80. The maximum atomic E-state index is 5.82. The monoisotopic (exact) mass is 450 g/mol. The number of nitrogens with one attached hydrogen (secondary N) is 1. The molecule has 0 spiro atoms. The van der Waals surface area contributed by atoms with Crippen molar-refractivity contribution in [3.63, 3.8) is 0 Å². The summed E-state index contributed by atoms with van der Waals surface area (Å²) in [4.78, 5) is 2.11. The minimum atomic E-state index is 0.252. The van der Waals surface area contributed by atoms with Crippen LogP contribution in [0.15, 0.2) is 60.7 Å². The SMILES string of the molecule is COc1ccc(CN(Cc2ccc3c(c2)OCO3)C(=S)Nc2ccc(C)cc2OC)cc1. The first-order chi connectivity index (χ1) is 15.6. The Hall–Kier alpha value is -3.45. The Morgan fingerprint density at radius 2 is 1.62 bits per heavy atom. The van der Waals surface area contributed by atoms with Crippen molar-refractivity contribution in [3.8, 4) is 23.0 Å². The zero-order valence-electron chi connectivity index (χ0n) is 18.4. The van der Waals surface area contributed by atoms with Crippen LogP contribution < -0.4 is 24.3 Å². The van der Waals surface area contributed by atoms with Gasteiger partial charge in [0.05, 0.1) is 19.9 Å². The van der Waals surface area contributed by atoms with Crippen LogP contribution in [-0.4, -0.2) is 31.0 Å². The van der Waals surface area contributed by atoms with E-state index in [2.05, 4.69) is 10.2 Å². The number of hydrogen-bond donors (Lipinski definition) is 1. The van der Waals surface area contributed by atoms with Gasteiger partial charge < -0.3 is 29.2 Å². The third-order valence-electron chi connectivity index (χ3n) is 5.23. The number of benzene rings is 3. The predicted molar refractivity (Wildman–Crippen MR) is 129 cm³/mol. The molecule has 0 radical (unpaired) electrons. The van der Waals surface area contributed by atoms with Gasteiger partial charge in [-0.05, 0) is 72.2 Å². The largest absolute Gasteiger partial charge is 0.497 e. The van der Waals surface area contributed by atoms with Crippen LogP contribution in [-0.2, 0) is 13.1 Å². The molecule has 6 nitrogen and oxygen atoms in total. The minimum absolute atomic E-state index is 0.252. The average molecular weight is 451 g/mol. The Balaban J connectivity index is 1.57. The van der Waals surface area contributed by atoms with E-state index >= 15 is 0 Å². The molecule has 166 valence electrons. The zero-order chi connectivity index (χ0) is 22.5. The second kappa shape index (κ2) is 9.78.